The van der Waals surface area contributed by atoms with Gasteiger partial charge in [0.2, 0.25) is 5.91 Å². The van der Waals surface area contributed by atoms with E-state index in [1.807, 2.05) is 0 Å². The van der Waals surface area contributed by atoms with Gasteiger partial charge in [-0.3, -0.25) is 4.79 Å². The number of anilines is 2. The first-order valence-corrected chi connectivity index (χ1v) is 6.03. The van der Waals surface area contributed by atoms with Gasteiger partial charge in [0, 0.05) is 18.0 Å². The van der Waals surface area contributed by atoms with E-state index in [0.717, 1.165) is 0 Å². The Balaban J connectivity index is 2.38. The first-order valence-electron chi connectivity index (χ1n) is 5.28. The van der Waals surface area contributed by atoms with Crippen molar-refractivity contribution in [1.82, 2.24) is 0 Å². The van der Waals surface area contributed by atoms with Crippen LogP contribution in [-0.4, -0.2) is 19.0 Å². The number of nitrogen functional groups attached to an aromatic ring is 1. The third kappa shape index (κ3) is 2.34. The molecule has 17 heavy (non-hydrogen) atoms. The monoisotopic (exact) mass is 273 g/mol. The van der Waals surface area contributed by atoms with Crippen molar-refractivity contribution >= 4 is 40.5 Å². The number of nitrogens with two attached hydrogens (primary N) is 2. The largest absolute Gasteiger partial charge is 0.396 e. The van der Waals surface area contributed by atoms with Crippen LogP contribution in [0.2, 0.25) is 10.0 Å². The minimum absolute atomic E-state index is 0.00508. The maximum atomic E-state index is 11.8. The van der Waals surface area contributed by atoms with Crippen molar-refractivity contribution in [2.75, 3.05) is 23.7 Å². The molecule has 0 bridgehead atoms. The Morgan fingerprint density at radius 2 is 2.12 bits per heavy atom. The fraction of sp³-hybridized carbons (Fsp3) is 0.364. The number of hydrogen-bond donors (Lipinski definition) is 2. The van der Waals surface area contributed by atoms with E-state index in [0.29, 0.717) is 40.9 Å². The lowest BCUT2D eigenvalue weighted by atomic mass is 10.1. The van der Waals surface area contributed by atoms with Crippen LogP contribution in [0.1, 0.15) is 6.42 Å². The molecular weight excluding hydrogens is 261 g/mol. The van der Waals surface area contributed by atoms with Gasteiger partial charge in [0.05, 0.1) is 16.4 Å². The third-order valence-corrected chi connectivity index (χ3v) is 3.43. The van der Waals surface area contributed by atoms with Crippen molar-refractivity contribution in [3.8, 4) is 0 Å². The zero-order chi connectivity index (χ0) is 12.6. The lowest BCUT2D eigenvalue weighted by Gasteiger charge is -2.19. The smallest absolute Gasteiger partial charge is 0.227 e. The molecule has 92 valence electrons. The van der Waals surface area contributed by atoms with Gasteiger partial charge in [0.1, 0.15) is 0 Å². The molecule has 4 N–H and O–H groups in total. The second-order valence-corrected chi connectivity index (χ2v) is 4.97. The predicted molar refractivity (Wildman–Crippen MR) is 70.4 cm³/mol. The molecule has 1 fully saturated rings. The Labute approximate surface area is 109 Å². The number of amides is 1. The summed E-state index contributed by atoms with van der Waals surface area (Å²) in [6.07, 6.45) is 0.445. The van der Waals surface area contributed by atoms with Crippen LogP contribution in [-0.2, 0) is 4.79 Å². The van der Waals surface area contributed by atoms with Crippen LogP contribution < -0.4 is 16.4 Å². The highest BCUT2D eigenvalue weighted by atomic mass is 35.5. The zero-order valence-electron chi connectivity index (χ0n) is 9.12. The number of benzene rings is 1. The molecule has 1 aliphatic heterocycles. The van der Waals surface area contributed by atoms with Crippen LogP contribution in [0.5, 0.6) is 0 Å². The summed E-state index contributed by atoms with van der Waals surface area (Å²) < 4.78 is 0. The van der Waals surface area contributed by atoms with Gasteiger partial charge in [0.15, 0.2) is 0 Å². The van der Waals surface area contributed by atoms with Gasteiger partial charge < -0.3 is 16.4 Å². The number of rotatable bonds is 2. The SMILES string of the molecule is NCC1CC(=O)N(c2cc(Cl)cc(Cl)c2N)C1. The summed E-state index contributed by atoms with van der Waals surface area (Å²) in [5.74, 6) is 0.171. The normalized spacial score (nSPS) is 20.1. The number of halogens is 2. The Morgan fingerprint density at radius 3 is 2.71 bits per heavy atom. The van der Waals surface area contributed by atoms with Crippen LogP contribution in [0.4, 0.5) is 11.4 Å². The minimum atomic E-state index is 0.00508. The van der Waals surface area contributed by atoms with Gasteiger partial charge in [-0.05, 0) is 24.6 Å². The molecule has 0 saturated carbocycles. The number of carbonyl (C=O) groups is 1. The first kappa shape index (κ1) is 12.5. The van der Waals surface area contributed by atoms with E-state index in [9.17, 15) is 4.79 Å². The molecule has 6 heteroatoms. The highest BCUT2D eigenvalue weighted by Gasteiger charge is 2.31. The van der Waals surface area contributed by atoms with Gasteiger partial charge in [-0.1, -0.05) is 23.2 Å². The van der Waals surface area contributed by atoms with E-state index in [4.69, 9.17) is 34.7 Å². The summed E-state index contributed by atoms with van der Waals surface area (Å²) >= 11 is 11.9. The summed E-state index contributed by atoms with van der Waals surface area (Å²) in [5, 5.41) is 0.819. The molecule has 4 nitrogen and oxygen atoms in total. The highest BCUT2D eigenvalue weighted by molar-refractivity contribution is 6.37. The van der Waals surface area contributed by atoms with Crippen molar-refractivity contribution in [2.24, 2.45) is 11.7 Å². The van der Waals surface area contributed by atoms with Gasteiger partial charge in [-0.2, -0.15) is 0 Å². The summed E-state index contributed by atoms with van der Waals surface area (Å²) in [6, 6.07) is 3.21. The van der Waals surface area contributed by atoms with Crippen molar-refractivity contribution in [3.63, 3.8) is 0 Å². The Hall–Kier alpha value is -0.970. The van der Waals surface area contributed by atoms with Crippen molar-refractivity contribution in [1.29, 1.82) is 0 Å². The Morgan fingerprint density at radius 1 is 1.41 bits per heavy atom. The zero-order valence-corrected chi connectivity index (χ0v) is 10.6. The van der Waals surface area contributed by atoms with Crippen LogP contribution in [0.25, 0.3) is 0 Å². The molecule has 0 spiro atoms. The molecule has 1 amide bonds. The summed E-state index contributed by atoms with van der Waals surface area (Å²) in [6.45, 7) is 1.05. The van der Waals surface area contributed by atoms with Crippen molar-refractivity contribution < 1.29 is 4.79 Å². The van der Waals surface area contributed by atoms with Crippen LogP contribution >= 0.6 is 23.2 Å². The van der Waals surface area contributed by atoms with Gasteiger partial charge >= 0.3 is 0 Å². The molecule has 1 aromatic rings. The second-order valence-electron chi connectivity index (χ2n) is 4.13. The molecule has 2 rings (SSSR count). The minimum Gasteiger partial charge on any atom is -0.396 e. The molecule has 0 aromatic heterocycles. The number of hydrogen-bond acceptors (Lipinski definition) is 3. The van der Waals surface area contributed by atoms with Gasteiger partial charge in [-0.25, -0.2) is 0 Å². The lowest BCUT2D eigenvalue weighted by Crippen LogP contribution is -2.26. The van der Waals surface area contributed by atoms with E-state index in [2.05, 4.69) is 0 Å². The fourth-order valence-electron chi connectivity index (χ4n) is 1.97. The van der Waals surface area contributed by atoms with Crippen LogP contribution in [0.15, 0.2) is 12.1 Å². The Bertz CT molecular complexity index is 464. The maximum absolute atomic E-state index is 11.8. The molecule has 1 aromatic carbocycles. The molecule has 1 unspecified atom stereocenters. The van der Waals surface area contributed by atoms with Gasteiger partial charge in [-0.15, -0.1) is 0 Å². The lowest BCUT2D eigenvalue weighted by molar-refractivity contribution is -0.117. The van der Waals surface area contributed by atoms with E-state index >= 15 is 0 Å². The van der Waals surface area contributed by atoms with Crippen LogP contribution in [0.3, 0.4) is 0 Å². The topological polar surface area (TPSA) is 72.4 Å². The average molecular weight is 274 g/mol. The second kappa shape index (κ2) is 4.72. The fourth-order valence-corrected chi connectivity index (χ4v) is 2.45. The average Bonchev–Trinajstić information content (AvgIpc) is 2.65. The number of carbonyl (C=O) groups excluding carboxylic acids is 1. The third-order valence-electron chi connectivity index (χ3n) is 2.90. The highest BCUT2D eigenvalue weighted by Crippen LogP contribution is 2.36. The van der Waals surface area contributed by atoms with Gasteiger partial charge in [0.25, 0.3) is 0 Å². The molecule has 0 aliphatic carbocycles. The van der Waals surface area contributed by atoms with E-state index < -0.39 is 0 Å². The quantitative estimate of drug-likeness (QED) is 0.809. The molecule has 1 saturated heterocycles. The first-order chi connectivity index (χ1) is 8.02. The summed E-state index contributed by atoms with van der Waals surface area (Å²) in [7, 11) is 0. The van der Waals surface area contributed by atoms with Crippen molar-refractivity contribution in [3.05, 3.63) is 22.2 Å². The van der Waals surface area contributed by atoms with E-state index in [1.165, 1.54) is 0 Å². The molecule has 1 aliphatic rings. The summed E-state index contributed by atoms with van der Waals surface area (Å²) in [5.41, 5.74) is 12.4. The van der Waals surface area contributed by atoms with E-state index in [1.54, 1.807) is 17.0 Å². The van der Waals surface area contributed by atoms with E-state index in [-0.39, 0.29) is 11.8 Å². The van der Waals surface area contributed by atoms with Crippen LogP contribution in [0, 0.1) is 5.92 Å². The van der Waals surface area contributed by atoms with Crippen molar-refractivity contribution in [2.45, 2.75) is 6.42 Å². The molecule has 1 heterocycles. The molecular formula is C11H13Cl2N3O. The standard InChI is InChI=1S/C11H13Cl2N3O/c12-7-2-8(13)11(15)9(3-7)16-5-6(4-14)1-10(16)17/h2-3,6H,1,4-5,14-15H2. The predicted octanol–water partition coefficient (Wildman–Crippen LogP) is 1.89. The molecule has 1 atom stereocenters. The molecule has 0 radical (unpaired) electrons. The number of nitrogens with zero attached hydrogens (tertiary/aromatic N) is 1. The summed E-state index contributed by atoms with van der Waals surface area (Å²) in [4.78, 5) is 13.4. The Kier molecular flexibility index (Phi) is 3.47. The maximum Gasteiger partial charge on any atom is 0.227 e.